The van der Waals surface area contributed by atoms with Crippen LogP contribution in [0.4, 0.5) is 9.59 Å². The van der Waals surface area contributed by atoms with E-state index >= 15 is 0 Å². The molecule has 1 atom stereocenters. The maximum atomic E-state index is 10.0. The van der Waals surface area contributed by atoms with Crippen LogP contribution in [-0.2, 0) is 23.7 Å². The van der Waals surface area contributed by atoms with Crippen molar-refractivity contribution in [1.29, 1.82) is 0 Å². The second-order valence-corrected chi connectivity index (χ2v) is 2.84. The van der Waals surface area contributed by atoms with Crippen molar-refractivity contribution in [1.82, 2.24) is 0 Å². The highest BCUT2D eigenvalue weighted by atomic mass is 16.8. The Morgan fingerprint density at radius 2 is 1.56 bits per heavy atom. The number of hydrogen-bond acceptors (Lipinski definition) is 7. The predicted molar refractivity (Wildman–Crippen MR) is 52.1 cm³/mol. The highest BCUT2D eigenvalue weighted by Crippen LogP contribution is 2.02. The minimum Gasteiger partial charge on any atom is -0.431 e. The first-order valence-corrected chi connectivity index (χ1v) is 4.63. The second kappa shape index (κ2) is 8.78. The smallest absolute Gasteiger partial charge is 0.431 e. The van der Waals surface area contributed by atoms with Crippen molar-refractivity contribution < 1.29 is 33.3 Å². The van der Waals surface area contributed by atoms with E-state index in [0.717, 1.165) is 0 Å². The minimum atomic E-state index is -0.549. The van der Waals surface area contributed by atoms with Crippen LogP contribution in [0.25, 0.3) is 0 Å². The number of methoxy groups -OCH3 is 1. The molecule has 7 heteroatoms. The topological polar surface area (TPSA) is 80.3 Å². The Balaban J connectivity index is 0.000000230. The maximum absolute atomic E-state index is 10.0. The van der Waals surface area contributed by atoms with Gasteiger partial charge in [0.05, 0.1) is 0 Å². The van der Waals surface area contributed by atoms with Crippen molar-refractivity contribution in [2.45, 2.75) is 13.0 Å². The molecule has 2 saturated heterocycles. The number of rotatable bonds is 0. The summed E-state index contributed by atoms with van der Waals surface area (Å²) in [7, 11) is 3.25. The summed E-state index contributed by atoms with van der Waals surface area (Å²) in [5.41, 5.74) is 0. The van der Waals surface area contributed by atoms with Crippen molar-refractivity contribution in [3.05, 3.63) is 0 Å². The van der Waals surface area contributed by atoms with E-state index in [1.54, 1.807) is 21.1 Å². The molecule has 0 aliphatic carbocycles. The van der Waals surface area contributed by atoms with Gasteiger partial charge in [0.25, 0.3) is 0 Å². The molecule has 0 spiro atoms. The molecule has 2 aliphatic heterocycles. The summed E-state index contributed by atoms with van der Waals surface area (Å²) in [5, 5.41) is 0. The minimum absolute atomic E-state index is 0.0486. The van der Waals surface area contributed by atoms with Crippen LogP contribution in [0.3, 0.4) is 0 Å². The summed E-state index contributed by atoms with van der Waals surface area (Å²) >= 11 is 0. The summed E-state index contributed by atoms with van der Waals surface area (Å²) in [6, 6.07) is 0. The van der Waals surface area contributed by atoms with Gasteiger partial charge in [-0.3, -0.25) is 0 Å². The molecule has 0 N–H and O–H groups in total. The standard InChI is InChI=1S/C4H6O3.C3H4O3.C2H6O/c1-3-2-6-4(5)7-3;4-3-5-1-2-6-3;1-3-2/h3H,2H2,1H3;1-2H2;1-2H3. The van der Waals surface area contributed by atoms with Gasteiger partial charge in [-0.05, 0) is 6.92 Å². The average Bonchev–Trinajstić information content (AvgIpc) is 2.80. The van der Waals surface area contributed by atoms with Crippen molar-refractivity contribution >= 4 is 12.3 Å². The number of ether oxygens (including phenoxy) is 5. The summed E-state index contributed by atoms with van der Waals surface area (Å²) in [6.07, 6.45) is -1.14. The van der Waals surface area contributed by atoms with Crippen molar-refractivity contribution in [2.75, 3.05) is 34.0 Å². The molecule has 0 aromatic carbocycles. The Labute approximate surface area is 93.5 Å². The summed E-state index contributed by atoms with van der Waals surface area (Å²) in [5.74, 6) is 0. The van der Waals surface area contributed by atoms with Gasteiger partial charge < -0.3 is 23.7 Å². The monoisotopic (exact) mass is 236 g/mol. The van der Waals surface area contributed by atoms with Gasteiger partial charge in [-0.15, -0.1) is 0 Å². The third-order valence-electron chi connectivity index (χ3n) is 1.26. The predicted octanol–water partition coefficient (Wildman–Crippen LogP) is 0.958. The van der Waals surface area contributed by atoms with Gasteiger partial charge in [0, 0.05) is 14.2 Å². The molecule has 0 amide bonds. The van der Waals surface area contributed by atoms with Gasteiger partial charge in [-0.25, -0.2) is 9.59 Å². The number of carbonyl (C=O) groups is 2. The molecule has 0 aromatic heterocycles. The van der Waals surface area contributed by atoms with E-state index in [1.807, 2.05) is 0 Å². The normalized spacial score (nSPS) is 21.3. The van der Waals surface area contributed by atoms with Crippen LogP contribution in [0.2, 0.25) is 0 Å². The van der Waals surface area contributed by atoms with Gasteiger partial charge >= 0.3 is 12.3 Å². The van der Waals surface area contributed by atoms with Gasteiger partial charge in [0.1, 0.15) is 25.9 Å². The SMILES string of the molecule is CC1COC(=O)O1.COC.O=C1OCCO1. The highest BCUT2D eigenvalue weighted by molar-refractivity contribution is 5.61. The third-order valence-corrected chi connectivity index (χ3v) is 1.26. The maximum Gasteiger partial charge on any atom is 0.508 e. The zero-order chi connectivity index (χ0) is 12.4. The highest BCUT2D eigenvalue weighted by Gasteiger charge is 2.19. The summed E-state index contributed by atoms with van der Waals surface area (Å²) < 4.78 is 21.7. The molecule has 94 valence electrons. The van der Waals surface area contributed by atoms with E-state index in [1.165, 1.54) is 0 Å². The number of cyclic esters (lactones) is 4. The first-order chi connectivity index (χ1) is 7.60. The Morgan fingerprint density at radius 1 is 1.06 bits per heavy atom. The molecular formula is C9H16O7. The quantitative estimate of drug-likeness (QED) is 0.579. The van der Waals surface area contributed by atoms with Crippen molar-refractivity contribution in [3.8, 4) is 0 Å². The summed E-state index contributed by atoms with van der Waals surface area (Å²) in [4.78, 5) is 19.8. The lowest BCUT2D eigenvalue weighted by Crippen LogP contribution is -2.01. The third kappa shape index (κ3) is 7.86. The van der Waals surface area contributed by atoms with Gasteiger partial charge in [-0.1, -0.05) is 0 Å². The van der Waals surface area contributed by atoms with E-state index in [-0.39, 0.29) is 6.10 Å². The van der Waals surface area contributed by atoms with Crippen LogP contribution in [0.15, 0.2) is 0 Å². The fourth-order valence-corrected chi connectivity index (χ4v) is 0.709. The van der Waals surface area contributed by atoms with Crippen LogP contribution in [-0.4, -0.2) is 52.5 Å². The van der Waals surface area contributed by atoms with Crippen LogP contribution < -0.4 is 0 Å². The van der Waals surface area contributed by atoms with Gasteiger partial charge in [0.15, 0.2) is 0 Å². The summed E-state index contributed by atoms with van der Waals surface area (Å²) in [6.45, 7) is 3.02. The molecule has 2 aliphatic rings. The molecule has 16 heavy (non-hydrogen) atoms. The first-order valence-electron chi connectivity index (χ1n) is 4.63. The largest absolute Gasteiger partial charge is 0.508 e. The van der Waals surface area contributed by atoms with E-state index in [9.17, 15) is 9.59 Å². The Kier molecular flexibility index (Phi) is 7.96. The molecule has 1 unspecified atom stereocenters. The Morgan fingerprint density at radius 3 is 1.69 bits per heavy atom. The first kappa shape index (κ1) is 14.5. The number of hydrogen-bond donors (Lipinski definition) is 0. The second-order valence-electron chi connectivity index (χ2n) is 2.84. The molecule has 0 aromatic rings. The molecule has 7 nitrogen and oxygen atoms in total. The molecule has 2 heterocycles. The molecule has 2 fully saturated rings. The molecule has 0 radical (unpaired) electrons. The lowest BCUT2D eigenvalue weighted by Gasteiger charge is -1.90. The lowest BCUT2D eigenvalue weighted by molar-refractivity contribution is 0.121. The van der Waals surface area contributed by atoms with E-state index in [0.29, 0.717) is 19.8 Å². The van der Waals surface area contributed by atoms with Crippen LogP contribution in [0.1, 0.15) is 6.92 Å². The Bertz CT molecular complexity index is 208. The van der Waals surface area contributed by atoms with Crippen LogP contribution in [0.5, 0.6) is 0 Å². The van der Waals surface area contributed by atoms with E-state index < -0.39 is 12.3 Å². The zero-order valence-corrected chi connectivity index (χ0v) is 9.56. The van der Waals surface area contributed by atoms with E-state index in [2.05, 4.69) is 23.7 Å². The van der Waals surface area contributed by atoms with Crippen molar-refractivity contribution in [2.24, 2.45) is 0 Å². The molecular weight excluding hydrogens is 220 g/mol. The number of carbonyl (C=O) groups excluding carboxylic acids is 2. The zero-order valence-electron chi connectivity index (χ0n) is 9.56. The van der Waals surface area contributed by atoms with E-state index in [4.69, 9.17) is 0 Å². The molecule has 2 rings (SSSR count). The molecule has 0 bridgehead atoms. The van der Waals surface area contributed by atoms with Gasteiger partial charge in [0.2, 0.25) is 0 Å². The van der Waals surface area contributed by atoms with Gasteiger partial charge in [-0.2, -0.15) is 0 Å². The van der Waals surface area contributed by atoms with Crippen molar-refractivity contribution in [3.63, 3.8) is 0 Å². The lowest BCUT2D eigenvalue weighted by atomic mass is 10.5. The average molecular weight is 236 g/mol. The fourth-order valence-electron chi connectivity index (χ4n) is 0.709. The van der Waals surface area contributed by atoms with Crippen LogP contribution >= 0.6 is 0 Å². The fraction of sp³-hybridized carbons (Fsp3) is 0.778. The Hall–Kier alpha value is -1.50. The molecule has 0 saturated carbocycles. The van der Waals surface area contributed by atoms with Crippen LogP contribution in [0, 0.1) is 0 Å².